The van der Waals surface area contributed by atoms with E-state index in [1.807, 2.05) is 0 Å². The van der Waals surface area contributed by atoms with Crippen molar-refractivity contribution in [1.82, 2.24) is 10.6 Å². The fourth-order valence-electron chi connectivity index (χ4n) is 3.37. The summed E-state index contributed by atoms with van der Waals surface area (Å²) in [5, 5.41) is 17.1. The molecule has 1 heterocycles. The van der Waals surface area contributed by atoms with E-state index in [2.05, 4.69) is 16.0 Å². The second-order valence-electron chi connectivity index (χ2n) is 7.74. The van der Waals surface area contributed by atoms with E-state index in [1.165, 1.54) is 12.2 Å². The van der Waals surface area contributed by atoms with Crippen LogP contribution < -0.4 is 16.0 Å². The van der Waals surface area contributed by atoms with Crippen LogP contribution in [0.2, 0.25) is 0 Å². The fourth-order valence-corrected chi connectivity index (χ4v) is 3.37. The number of aliphatic hydroxyl groups is 1. The number of carbonyl (C=O) groups excluding carboxylic acids is 2. The van der Waals surface area contributed by atoms with E-state index in [1.54, 1.807) is 0 Å². The highest BCUT2D eigenvalue weighted by molar-refractivity contribution is 5.89. The summed E-state index contributed by atoms with van der Waals surface area (Å²) in [6.07, 6.45) is -3.23. The van der Waals surface area contributed by atoms with E-state index in [4.69, 9.17) is 4.74 Å². The van der Waals surface area contributed by atoms with Gasteiger partial charge in [0, 0.05) is 18.3 Å². The van der Waals surface area contributed by atoms with E-state index < -0.39 is 60.2 Å². The number of urea groups is 1. The summed E-state index contributed by atoms with van der Waals surface area (Å²) in [5.74, 6) is -1.99. The Labute approximate surface area is 197 Å². The van der Waals surface area contributed by atoms with Crippen LogP contribution in [0, 0.1) is 11.6 Å². The van der Waals surface area contributed by atoms with Gasteiger partial charge in [0.15, 0.2) is 0 Å². The highest BCUT2D eigenvalue weighted by atomic mass is 19.4. The topological polar surface area (TPSA) is 99.7 Å². The number of amides is 3. The molecule has 2 aromatic rings. The van der Waals surface area contributed by atoms with Crippen LogP contribution >= 0.6 is 0 Å². The molecule has 12 heteroatoms. The largest absolute Gasteiger partial charge is 0.416 e. The second kappa shape index (κ2) is 11.3. The van der Waals surface area contributed by atoms with Crippen LogP contribution in [0.3, 0.4) is 0 Å². The highest BCUT2D eigenvalue weighted by Gasteiger charge is 2.31. The fraction of sp³-hybridized carbons (Fsp3) is 0.304. The van der Waals surface area contributed by atoms with Crippen LogP contribution in [0.4, 0.5) is 32.4 Å². The summed E-state index contributed by atoms with van der Waals surface area (Å²) >= 11 is 0. The molecule has 0 saturated carbocycles. The van der Waals surface area contributed by atoms with Crippen LogP contribution in [0.5, 0.6) is 0 Å². The number of hydrogen-bond acceptors (Lipinski definition) is 4. The van der Waals surface area contributed by atoms with Crippen molar-refractivity contribution in [2.45, 2.75) is 37.4 Å². The lowest BCUT2D eigenvalue weighted by Crippen LogP contribution is -2.50. The number of aliphatic hydroxyl groups excluding tert-OH is 1. The maximum Gasteiger partial charge on any atom is 0.416 e. The van der Waals surface area contributed by atoms with Crippen LogP contribution in [-0.4, -0.2) is 41.9 Å². The number of hydrogen-bond donors (Lipinski definition) is 4. The molecule has 0 aromatic heterocycles. The quantitative estimate of drug-likeness (QED) is 0.346. The van der Waals surface area contributed by atoms with Crippen LogP contribution in [-0.2, 0) is 22.3 Å². The molecule has 0 bridgehead atoms. The van der Waals surface area contributed by atoms with Gasteiger partial charge in [-0.2, -0.15) is 13.2 Å². The van der Waals surface area contributed by atoms with Crippen molar-refractivity contribution in [3.05, 3.63) is 77.4 Å². The van der Waals surface area contributed by atoms with Gasteiger partial charge in [-0.3, -0.25) is 4.79 Å². The van der Waals surface area contributed by atoms with Crippen molar-refractivity contribution in [2.24, 2.45) is 0 Å². The summed E-state index contributed by atoms with van der Waals surface area (Å²) < 4.78 is 70.0. The number of alkyl halides is 3. The van der Waals surface area contributed by atoms with Crippen molar-refractivity contribution in [2.75, 3.05) is 11.9 Å². The Balaban J connectivity index is 1.50. The van der Waals surface area contributed by atoms with Crippen molar-refractivity contribution in [3.63, 3.8) is 0 Å². The molecule has 4 N–H and O–H groups in total. The van der Waals surface area contributed by atoms with Crippen molar-refractivity contribution < 1.29 is 41.4 Å². The third-order valence-corrected chi connectivity index (χ3v) is 5.03. The zero-order valence-electron chi connectivity index (χ0n) is 18.1. The third kappa shape index (κ3) is 7.76. The summed E-state index contributed by atoms with van der Waals surface area (Å²) in [7, 11) is 0. The maximum absolute atomic E-state index is 13.2. The number of nitrogens with one attached hydrogen (secondary N) is 3. The molecule has 0 saturated heterocycles. The lowest BCUT2D eigenvalue weighted by Gasteiger charge is -2.31. The lowest BCUT2D eigenvalue weighted by atomic mass is 10.0. The first-order valence-corrected chi connectivity index (χ1v) is 10.4. The molecule has 0 aliphatic carbocycles. The molecule has 1 aliphatic heterocycles. The minimum absolute atomic E-state index is 0.0956. The number of rotatable bonds is 7. The van der Waals surface area contributed by atoms with E-state index in [0.29, 0.717) is 0 Å². The van der Waals surface area contributed by atoms with Gasteiger partial charge in [0.25, 0.3) is 0 Å². The Morgan fingerprint density at radius 2 is 1.66 bits per heavy atom. The number of benzene rings is 2. The number of halogens is 5. The molecule has 0 radical (unpaired) electrons. The second-order valence-corrected chi connectivity index (χ2v) is 7.74. The molecule has 2 aromatic carbocycles. The maximum atomic E-state index is 13.2. The molecule has 1 aliphatic rings. The predicted octanol–water partition coefficient (Wildman–Crippen LogP) is 3.50. The standard InChI is InChI=1S/C23H22F5N3O4/c24-15-7-13(8-16(25)9-15)11-29-21(33)10-18-5-6-19(20(12-32)35-18)31-22(34)30-17-3-1-14(2-4-17)23(26,27)28/h1-9,18-20,32H,10-12H2,(H,29,33)(H2,30,31,34)/t18-,19+,20+/m0/s1. The molecule has 0 spiro atoms. The average molecular weight is 499 g/mol. The first kappa shape index (κ1) is 26.1. The van der Waals surface area contributed by atoms with Gasteiger partial charge in [0.05, 0.1) is 30.7 Å². The molecule has 35 heavy (non-hydrogen) atoms. The number of anilines is 1. The van der Waals surface area contributed by atoms with Gasteiger partial charge < -0.3 is 25.8 Å². The SMILES string of the molecule is O=C(C[C@@H]1C=C[C@@H](NC(=O)Nc2ccc(C(F)(F)F)cc2)[C@@H](CO)O1)NCc1cc(F)cc(F)c1. The highest BCUT2D eigenvalue weighted by Crippen LogP contribution is 2.29. The molecule has 3 rings (SSSR count). The lowest BCUT2D eigenvalue weighted by molar-refractivity contribution is -0.137. The van der Waals surface area contributed by atoms with E-state index >= 15 is 0 Å². The van der Waals surface area contributed by atoms with E-state index in [9.17, 15) is 36.6 Å². The summed E-state index contributed by atoms with van der Waals surface area (Å²) in [6.45, 7) is -0.585. The van der Waals surface area contributed by atoms with Crippen LogP contribution in [0.15, 0.2) is 54.6 Å². The first-order chi connectivity index (χ1) is 16.5. The predicted molar refractivity (Wildman–Crippen MR) is 115 cm³/mol. The average Bonchev–Trinajstić information content (AvgIpc) is 2.78. The molecule has 188 valence electrons. The van der Waals surface area contributed by atoms with E-state index in [0.717, 1.165) is 42.5 Å². The van der Waals surface area contributed by atoms with Crippen LogP contribution in [0.1, 0.15) is 17.5 Å². The third-order valence-electron chi connectivity index (χ3n) is 5.03. The Morgan fingerprint density at radius 3 is 2.26 bits per heavy atom. The van der Waals surface area contributed by atoms with Gasteiger partial charge in [-0.25, -0.2) is 13.6 Å². The Morgan fingerprint density at radius 1 is 1.00 bits per heavy atom. The minimum Gasteiger partial charge on any atom is -0.394 e. The van der Waals surface area contributed by atoms with Gasteiger partial charge in [-0.05, 0) is 42.0 Å². The molecule has 3 atom stereocenters. The smallest absolute Gasteiger partial charge is 0.394 e. The zero-order valence-corrected chi connectivity index (χ0v) is 18.1. The molecule has 0 unspecified atom stereocenters. The van der Waals surface area contributed by atoms with Gasteiger partial charge in [0.2, 0.25) is 5.91 Å². The Kier molecular flexibility index (Phi) is 8.41. The Bertz CT molecular complexity index is 1060. The minimum atomic E-state index is -4.50. The van der Waals surface area contributed by atoms with Gasteiger partial charge in [0.1, 0.15) is 17.7 Å². The number of ether oxygens (including phenoxy) is 1. The molecule has 0 fully saturated rings. The molecular weight excluding hydrogens is 477 g/mol. The monoisotopic (exact) mass is 499 g/mol. The van der Waals surface area contributed by atoms with Gasteiger partial charge in [-0.1, -0.05) is 12.2 Å². The normalized spacial score (nSPS) is 19.8. The summed E-state index contributed by atoms with van der Waals surface area (Å²) in [6, 6.07) is 5.26. The summed E-state index contributed by atoms with van der Waals surface area (Å²) in [4.78, 5) is 24.4. The van der Waals surface area contributed by atoms with Gasteiger partial charge in [-0.15, -0.1) is 0 Å². The van der Waals surface area contributed by atoms with Crippen LogP contribution in [0.25, 0.3) is 0 Å². The summed E-state index contributed by atoms with van der Waals surface area (Å²) in [5.41, 5.74) is -0.484. The van der Waals surface area contributed by atoms with E-state index in [-0.39, 0.29) is 24.2 Å². The molecular formula is C23H22F5N3O4. The van der Waals surface area contributed by atoms with Crippen molar-refractivity contribution in [3.8, 4) is 0 Å². The van der Waals surface area contributed by atoms with Crippen molar-refractivity contribution in [1.29, 1.82) is 0 Å². The van der Waals surface area contributed by atoms with Gasteiger partial charge >= 0.3 is 12.2 Å². The van der Waals surface area contributed by atoms with Crippen molar-refractivity contribution >= 4 is 17.6 Å². The zero-order chi connectivity index (χ0) is 25.6. The molecule has 3 amide bonds. The Hall–Kier alpha value is -3.51. The first-order valence-electron chi connectivity index (χ1n) is 10.4. The molecule has 7 nitrogen and oxygen atoms in total. The number of carbonyl (C=O) groups is 2.